The molecule has 0 aromatic heterocycles. The summed E-state index contributed by atoms with van der Waals surface area (Å²) in [5, 5.41) is 3.41. The zero-order valence-electron chi connectivity index (χ0n) is 6.43. The second kappa shape index (κ2) is 5.96. The lowest BCUT2D eigenvalue weighted by molar-refractivity contribution is 0.185. The molecule has 1 N–H and O–H groups in total. The quantitative estimate of drug-likeness (QED) is 0.679. The normalized spacial score (nSPS) is 24.3. The Morgan fingerprint density at radius 2 is 2.40 bits per heavy atom. The molecule has 0 spiro atoms. The van der Waals surface area contributed by atoms with Crippen LogP contribution in [0, 0.1) is 0 Å². The lowest BCUT2D eigenvalue weighted by atomic mass is 10.2. The minimum absolute atomic E-state index is 0. The molecule has 62 valence electrons. The number of halogens is 1. The monoisotopic (exact) mass is 165 g/mol. The van der Waals surface area contributed by atoms with Gasteiger partial charge in [-0.1, -0.05) is 0 Å². The number of nitrogens with one attached hydrogen (secondary N) is 1. The molecule has 0 unspecified atom stereocenters. The molecule has 2 nitrogen and oxygen atoms in total. The van der Waals surface area contributed by atoms with Crippen molar-refractivity contribution in [1.82, 2.24) is 5.32 Å². The molecule has 1 heterocycles. The van der Waals surface area contributed by atoms with E-state index in [0.717, 1.165) is 12.6 Å². The Balaban J connectivity index is 0.000000810. The number of rotatable bonds is 3. The minimum Gasteiger partial charge on any atom is -0.385 e. The van der Waals surface area contributed by atoms with Crippen LogP contribution in [-0.2, 0) is 4.74 Å². The summed E-state index contributed by atoms with van der Waals surface area (Å²) in [6.45, 7) is 2.10. The minimum atomic E-state index is 0. The van der Waals surface area contributed by atoms with Crippen molar-refractivity contribution in [2.45, 2.75) is 25.3 Å². The van der Waals surface area contributed by atoms with E-state index in [1.54, 1.807) is 7.11 Å². The zero-order chi connectivity index (χ0) is 6.53. The topological polar surface area (TPSA) is 21.3 Å². The number of hydrogen-bond donors (Lipinski definition) is 1. The molecule has 0 aromatic rings. The van der Waals surface area contributed by atoms with Crippen LogP contribution in [0.5, 0.6) is 0 Å². The molecule has 1 atom stereocenters. The third-order valence-corrected chi connectivity index (χ3v) is 1.83. The highest BCUT2D eigenvalue weighted by molar-refractivity contribution is 5.85. The first-order valence-corrected chi connectivity index (χ1v) is 3.66. The Morgan fingerprint density at radius 3 is 2.90 bits per heavy atom. The lowest BCUT2D eigenvalue weighted by Crippen LogP contribution is -2.22. The Morgan fingerprint density at radius 1 is 1.60 bits per heavy atom. The fourth-order valence-corrected chi connectivity index (χ4v) is 1.26. The standard InChI is InChI=1S/C7H15NO.ClH/c1-9-6-4-7-3-2-5-8-7;/h7-8H,2-6H2,1H3;1H/t7-;/m1./s1. The fraction of sp³-hybridized carbons (Fsp3) is 1.00. The molecule has 1 fully saturated rings. The fourth-order valence-electron chi connectivity index (χ4n) is 1.26. The van der Waals surface area contributed by atoms with Crippen LogP contribution in [0.1, 0.15) is 19.3 Å². The van der Waals surface area contributed by atoms with E-state index < -0.39 is 0 Å². The van der Waals surface area contributed by atoms with Crippen LogP contribution in [-0.4, -0.2) is 26.3 Å². The van der Waals surface area contributed by atoms with Crippen LogP contribution < -0.4 is 5.32 Å². The molecule has 1 aliphatic heterocycles. The first kappa shape index (κ1) is 10.2. The molecule has 1 rings (SSSR count). The first-order valence-electron chi connectivity index (χ1n) is 3.66. The average molecular weight is 166 g/mol. The summed E-state index contributed by atoms with van der Waals surface area (Å²) in [6.07, 6.45) is 3.86. The van der Waals surface area contributed by atoms with E-state index >= 15 is 0 Å². The van der Waals surface area contributed by atoms with E-state index in [-0.39, 0.29) is 12.4 Å². The van der Waals surface area contributed by atoms with Gasteiger partial charge in [0.1, 0.15) is 0 Å². The molecule has 0 saturated carbocycles. The molecule has 0 radical (unpaired) electrons. The summed E-state index contributed by atoms with van der Waals surface area (Å²) in [4.78, 5) is 0. The molecule has 0 aliphatic carbocycles. The van der Waals surface area contributed by atoms with Gasteiger partial charge in [-0.15, -0.1) is 12.4 Å². The van der Waals surface area contributed by atoms with Gasteiger partial charge in [0.05, 0.1) is 0 Å². The molecular formula is C7H16ClNO. The molecule has 3 heteroatoms. The van der Waals surface area contributed by atoms with Gasteiger partial charge in [-0.25, -0.2) is 0 Å². The highest BCUT2D eigenvalue weighted by Gasteiger charge is 2.12. The Bertz CT molecular complexity index is 74.0. The van der Waals surface area contributed by atoms with Crippen LogP contribution in [0.25, 0.3) is 0 Å². The first-order chi connectivity index (χ1) is 4.43. The molecule has 10 heavy (non-hydrogen) atoms. The third-order valence-electron chi connectivity index (χ3n) is 1.83. The Labute approximate surface area is 68.7 Å². The van der Waals surface area contributed by atoms with E-state index in [1.807, 2.05) is 0 Å². The van der Waals surface area contributed by atoms with E-state index in [0.29, 0.717) is 0 Å². The van der Waals surface area contributed by atoms with Crippen molar-refractivity contribution >= 4 is 12.4 Å². The van der Waals surface area contributed by atoms with Crippen LogP contribution in [0.4, 0.5) is 0 Å². The lowest BCUT2D eigenvalue weighted by Gasteiger charge is -2.07. The van der Waals surface area contributed by atoms with Gasteiger partial charge < -0.3 is 10.1 Å². The van der Waals surface area contributed by atoms with Crippen molar-refractivity contribution < 1.29 is 4.74 Å². The molecule has 1 saturated heterocycles. The Kier molecular flexibility index (Phi) is 6.08. The second-order valence-corrected chi connectivity index (χ2v) is 2.57. The highest BCUT2D eigenvalue weighted by Crippen LogP contribution is 2.07. The predicted octanol–water partition coefficient (Wildman–Crippen LogP) is 1.20. The maximum Gasteiger partial charge on any atom is 0.0477 e. The second-order valence-electron chi connectivity index (χ2n) is 2.57. The van der Waals surface area contributed by atoms with E-state index in [4.69, 9.17) is 4.74 Å². The summed E-state index contributed by atoms with van der Waals surface area (Å²) < 4.78 is 4.96. The van der Waals surface area contributed by atoms with Gasteiger partial charge in [0.25, 0.3) is 0 Å². The van der Waals surface area contributed by atoms with Crippen LogP contribution in [0.3, 0.4) is 0 Å². The summed E-state index contributed by atoms with van der Waals surface area (Å²) in [7, 11) is 1.76. The number of hydrogen-bond acceptors (Lipinski definition) is 2. The van der Waals surface area contributed by atoms with Crippen molar-refractivity contribution in [3.63, 3.8) is 0 Å². The third kappa shape index (κ3) is 3.40. The van der Waals surface area contributed by atoms with Crippen molar-refractivity contribution in [3.8, 4) is 0 Å². The van der Waals surface area contributed by atoms with Gasteiger partial charge in [-0.05, 0) is 25.8 Å². The summed E-state index contributed by atoms with van der Waals surface area (Å²) in [5.74, 6) is 0. The molecule has 0 bridgehead atoms. The van der Waals surface area contributed by atoms with Crippen molar-refractivity contribution in [2.24, 2.45) is 0 Å². The summed E-state index contributed by atoms with van der Waals surface area (Å²) in [6, 6.07) is 0.741. The van der Waals surface area contributed by atoms with Crippen molar-refractivity contribution in [1.29, 1.82) is 0 Å². The largest absolute Gasteiger partial charge is 0.385 e. The molecule has 0 aromatic carbocycles. The van der Waals surface area contributed by atoms with E-state index in [2.05, 4.69) is 5.32 Å². The smallest absolute Gasteiger partial charge is 0.0477 e. The van der Waals surface area contributed by atoms with Gasteiger partial charge in [0.15, 0.2) is 0 Å². The van der Waals surface area contributed by atoms with E-state index in [1.165, 1.54) is 25.8 Å². The number of methoxy groups -OCH3 is 1. The summed E-state index contributed by atoms with van der Waals surface area (Å²) >= 11 is 0. The average Bonchev–Trinajstić information content (AvgIpc) is 2.34. The number of ether oxygens (including phenoxy) is 1. The van der Waals surface area contributed by atoms with Gasteiger partial charge in [0, 0.05) is 19.8 Å². The predicted molar refractivity (Wildman–Crippen MR) is 44.8 cm³/mol. The maximum atomic E-state index is 4.96. The molecule has 1 aliphatic rings. The summed E-state index contributed by atoms with van der Waals surface area (Å²) in [5.41, 5.74) is 0. The zero-order valence-corrected chi connectivity index (χ0v) is 7.25. The van der Waals surface area contributed by atoms with Crippen molar-refractivity contribution in [2.75, 3.05) is 20.3 Å². The Hall–Kier alpha value is 0.210. The van der Waals surface area contributed by atoms with Crippen LogP contribution >= 0.6 is 12.4 Å². The maximum absolute atomic E-state index is 4.96. The highest BCUT2D eigenvalue weighted by atomic mass is 35.5. The van der Waals surface area contributed by atoms with Gasteiger partial charge in [-0.2, -0.15) is 0 Å². The van der Waals surface area contributed by atoms with Gasteiger partial charge >= 0.3 is 0 Å². The van der Waals surface area contributed by atoms with Crippen molar-refractivity contribution in [3.05, 3.63) is 0 Å². The molecular weight excluding hydrogens is 150 g/mol. The van der Waals surface area contributed by atoms with Gasteiger partial charge in [0.2, 0.25) is 0 Å². The molecule has 0 amide bonds. The van der Waals surface area contributed by atoms with E-state index in [9.17, 15) is 0 Å². The van der Waals surface area contributed by atoms with Crippen LogP contribution in [0.15, 0.2) is 0 Å². The van der Waals surface area contributed by atoms with Gasteiger partial charge in [-0.3, -0.25) is 0 Å². The SMILES string of the molecule is COCC[C@H]1CCCN1.Cl. The van der Waals surface area contributed by atoms with Crippen LogP contribution in [0.2, 0.25) is 0 Å².